The first-order chi connectivity index (χ1) is 10.3. The summed E-state index contributed by atoms with van der Waals surface area (Å²) >= 11 is 11.8. The summed E-state index contributed by atoms with van der Waals surface area (Å²) in [6, 6.07) is 11.3. The second kappa shape index (κ2) is 6.87. The number of halogens is 2. The average molecular weight is 360 g/mol. The molecule has 0 atom stereocenters. The number of benzene rings is 2. The zero-order valence-corrected chi connectivity index (χ0v) is 14.4. The predicted octanol–water partition coefficient (Wildman–Crippen LogP) is 3.82. The van der Waals surface area contributed by atoms with Crippen molar-refractivity contribution in [3.63, 3.8) is 0 Å². The molecule has 4 nitrogen and oxygen atoms in total. The zero-order chi connectivity index (χ0) is 16.3. The molecule has 22 heavy (non-hydrogen) atoms. The van der Waals surface area contributed by atoms with E-state index < -0.39 is 10.0 Å². The van der Waals surface area contributed by atoms with E-state index in [0.717, 1.165) is 5.56 Å². The lowest BCUT2D eigenvalue weighted by Crippen LogP contribution is -2.26. The van der Waals surface area contributed by atoms with Crippen LogP contribution in [0, 0.1) is 0 Å². The molecule has 0 saturated heterocycles. The summed E-state index contributed by atoms with van der Waals surface area (Å²) in [5.74, 6) is 0.603. The minimum Gasteiger partial charge on any atom is -0.497 e. The average Bonchev–Trinajstić information content (AvgIpc) is 2.51. The van der Waals surface area contributed by atoms with Gasteiger partial charge in [0.2, 0.25) is 10.0 Å². The molecule has 118 valence electrons. The van der Waals surface area contributed by atoms with Crippen LogP contribution in [0.4, 0.5) is 0 Å². The summed E-state index contributed by atoms with van der Waals surface area (Å²) in [5, 5.41) is 0.834. The third-order valence-electron chi connectivity index (χ3n) is 3.16. The van der Waals surface area contributed by atoms with Crippen molar-refractivity contribution in [1.82, 2.24) is 4.31 Å². The molecule has 2 aromatic carbocycles. The highest BCUT2D eigenvalue weighted by molar-refractivity contribution is 7.89. The molecule has 0 aliphatic rings. The Morgan fingerprint density at radius 1 is 1.05 bits per heavy atom. The number of hydrogen-bond acceptors (Lipinski definition) is 3. The van der Waals surface area contributed by atoms with E-state index in [1.165, 1.54) is 30.6 Å². The third kappa shape index (κ3) is 3.73. The molecule has 0 heterocycles. The minimum absolute atomic E-state index is 0.200. The van der Waals surface area contributed by atoms with E-state index in [2.05, 4.69) is 0 Å². The Balaban J connectivity index is 2.22. The number of hydrogen-bond donors (Lipinski definition) is 0. The van der Waals surface area contributed by atoms with Crippen LogP contribution in [-0.2, 0) is 16.6 Å². The predicted molar refractivity (Wildman–Crippen MR) is 88.1 cm³/mol. The first kappa shape index (κ1) is 17.1. The maximum atomic E-state index is 12.5. The topological polar surface area (TPSA) is 46.6 Å². The van der Waals surface area contributed by atoms with Gasteiger partial charge in [-0.15, -0.1) is 0 Å². The van der Waals surface area contributed by atoms with Gasteiger partial charge in [0.1, 0.15) is 5.75 Å². The van der Waals surface area contributed by atoms with Crippen molar-refractivity contribution in [3.05, 3.63) is 58.1 Å². The van der Waals surface area contributed by atoms with Gasteiger partial charge in [-0.3, -0.25) is 0 Å². The van der Waals surface area contributed by atoms with E-state index in [9.17, 15) is 8.42 Å². The fraction of sp³-hybridized carbons (Fsp3) is 0.200. The van der Waals surface area contributed by atoms with Gasteiger partial charge in [-0.2, -0.15) is 4.31 Å². The van der Waals surface area contributed by atoms with E-state index in [0.29, 0.717) is 15.8 Å². The van der Waals surface area contributed by atoms with Gasteiger partial charge in [-0.1, -0.05) is 29.3 Å². The molecule has 0 spiro atoms. The Morgan fingerprint density at radius 3 is 2.23 bits per heavy atom. The lowest BCUT2D eigenvalue weighted by atomic mass is 10.2. The Kier molecular flexibility index (Phi) is 5.34. The van der Waals surface area contributed by atoms with Crippen molar-refractivity contribution in [1.29, 1.82) is 0 Å². The van der Waals surface area contributed by atoms with Crippen molar-refractivity contribution in [2.24, 2.45) is 0 Å². The quantitative estimate of drug-likeness (QED) is 0.814. The molecular formula is C15H15Cl2NO3S. The van der Waals surface area contributed by atoms with Gasteiger partial charge in [-0.25, -0.2) is 8.42 Å². The van der Waals surface area contributed by atoms with Gasteiger partial charge in [0, 0.05) is 13.6 Å². The summed E-state index contributed by atoms with van der Waals surface area (Å²) < 4.78 is 31.3. The fourth-order valence-electron chi connectivity index (χ4n) is 1.91. The number of sulfonamides is 1. The zero-order valence-electron chi connectivity index (χ0n) is 12.1. The van der Waals surface area contributed by atoms with Crippen LogP contribution in [0.15, 0.2) is 47.4 Å². The van der Waals surface area contributed by atoms with E-state index in [1.807, 2.05) is 0 Å². The minimum atomic E-state index is -3.58. The number of methoxy groups -OCH3 is 1. The van der Waals surface area contributed by atoms with Crippen molar-refractivity contribution >= 4 is 33.2 Å². The molecule has 7 heteroatoms. The maximum absolute atomic E-state index is 12.5. The first-order valence-electron chi connectivity index (χ1n) is 6.39. The number of ether oxygens (including phenoxy) is 1. The Morgan fingerprint density at radius 2 is 1.68 bits per heavy atom. The van der Waals surface area contributed by atoms with Gasteiger partial charge in [0.05, 0.1) is 22.1 Å². The molecule has 0 amide bonds. The summed E-state index contributed by atoms with van der Waals surface area (Å²) in [6.45, 7) is 0.200. The second-order valence-corrected chi connectivity index (χ2v) is 7.54. The van der Waals surface area contributed by atoms with Gasteiger partial charge in [0.15, 0.2) is 0 Å². The summed E-state index contributed by atoms with van der Waals surface area (Å²) in [6.07, 6.45) is 0. The SMILES string of the molecule is COc1ccc(S(=O)(=O)N(C)Cc2ccc(Cl)c(Cl)c2)cc1. The molecule has 0 unspecified atom stereocenters. The van der Waals surface area contributed by atoms with Crippen molar-refractivity contribution in [2.45, 2.75) is 11.4 Å². The van der Waals surface area contributed by atoms with Crippen molar-refractivity contribution in [2.75, 3.05) is 14.2 Å². The van der Waals surface area contributed by atoms with Gasteiger partial charge < -0.3 is 4.74 Å². The van der Waals surface area contributed by atoms with Crippen LogP contribution in [0.1, 0.15) is 5.56 Å². The van der Waals surface area contributed by atoms with Crippen molar-refractivity contribution in [3.8, 4) is 5.75 Å². The molecule has 2 rings (SSSR count). The summed E-state index contributed by atoms with van der Waals surface area (Å²) in [7, 11) is -0.540. The molecule has 0 radical (unpaired) electrons. The molecule has 0 aliphatic heterocycles. The van der Waals surface area contributed by atoms with Gasteiger partial charge >= 0.3 is 0 Å². The fourth-order valence-corrected chi connectivity index (χ4v) is 3.39. The third-order valence-corrected chi connectivity index (χ3v) is 5.71. The van der Waals surface area contributed by atoms with Gasteiger partial charge in [-0.05, 0) is 42.0 Å². The highest BCUT2D eigenvalue weighted by Gasteiger charge is 2.21. The van der Waals surface area contributed by atoms with E-state index in [1.54, 1.807) is 30.3 Å². The van der Waals surface area contributed by atoms with Crippen LogP contribution < -0.4 is 4.74 Å². The first-order valence-corrected chi connectivity index (χ1v) is 8.58. The van der Waals surface area contributed by atoms with Crippen LogP contribution in [0.3, 0.4) is 0 Å². The van der Waals surface area contributed by atoms with Crippen LogP contribution in [0.25, 0.3) is 0 Å². The molecule has 2 aromatic rings. The molecule has 0 aliphatic carbocycles. The molecular weight excluding hydrogens is 345 g/mol. The Hall–Kier alpha value is -1.27. The molecule has 0 saturated carbocycles. The van der Waals surface area contributed by atoms with Crippen LogP contribution in [0.2, 0.25) is 10.0 Å². The summed E-state index contributed by atoms with van der Waals surface area (Å²) in [5.41, 5.74) is 0.758. The van der Waals surface area contributed by atoms with Gasteiger partial charge in [0.25, 0.3) is 0 Å². The highest BCUT2D eigenvalue weighted by atomic mass is 35.5. The second-order valence-electron chi connectivity index (χ2n) is 4.69. The molecule has 0 aromatic heterocycles. The molecule has 0 N–H and O–H groups in total. The standard InChI is InChI=1S/C15H15Cl2NO3S/c1-18(10-11-3-8-14(16)15(17)9-11)22(19,20)13-6-4-12(21-2)5-7-13/h3-9H,10H2,1-2H3. The van der Waals surface area contributed by atoms with Crippen molar-refractivity contribution < 1.29 is 13.2 Å². The number of nitrogens with zero attached hydrogens (tertiary/aromatic N) is 1. The van der Waals surface area contributed by atoms with Crippen LogP contribution in [0.5, 0.6) is 5.75 Å². The molecule has 0 fully saturated rings. The maximum Gasteiger partial charge on any atom is 0.243 e. The van der Waals surface area contributed by atoms with Crippen LogP contribution in [-0.4, -0.2) is 26.9 Å². The largest absolute Gasteiger partial charge is 0.497 e. The lowest BCUT2D eigenvalue weighted by Gasteiger charge is -2.17. The Bertz CT molecular complexity index is 761. The van der Waals surface area contributed by atoms with E-state index in [-0.39, 0.29) is 11.4 Å². The monoisotopic (exact) mass is 359 g/mol. The molecule has 0 bridgehead atoms. The van der Waals surface area contributed by atoms with E-state index in [4.69, 9.17) is 27.9 Å². The smallest absolute Gasteiger partial charge is 0.243 e. The normalized spacial score (nSPS) is 11.7. The van der Waals surface area contributed by atoms with Crippen LogP contribution >= 0.6 is 23.2 Å². The lowest BCUT2D eigenvalue weighted by molar-refractivity contribution is 0.414. The summed E-state index contributed by atoms with van der Waals surface area (Å²) in [4.78, 5) is 0.205. The van der Waals surface area contributed by atoms with E-state index >= 15 is 0 Å². The number of rotatable bonds is 5. The Labute approximate surface area is 140 Å². The highest BCUT2D eigenvalue weighted by Crippen LogP contribution is 2.25.